The average Bonchev–Trinajstić information content (AvgIpc) is 2.47. The Kier molecular flexibility index (Phi) is 5.27. The summed E-state index contributed by atoms with van der Waals surface area (Å²) in [6, 6.07) is 12.2. The second-order valence-electron chi connectivity index (χ2n) is 4.32. The standard InChI is InChI=1S/C14H14BrClN2O2S/c1-17-21(19,20)13-6-4-12(5-7-13)18-9-10-2-3-11(16)8-14(10)15/h2-8,17-18H,9H2,1H3. The molecule has 0 aliphatic heterocycles. The van der Waals surface area contributed by atoms with Crippen LogP contribution in [0.25, 0.3) is 0 Å². The highest BCUT2D eigenvalue weighted by Gasteiger charge is 2.10. The third-order valence-corrected chi connectivity index (χ3v) is 5.33. The summed E-state index contributed by atoms with van der Waals surface area (Å²) in [6.45, 7) is 0.607. The molecule has 2 aromatic rings. The smallest absolute Gasteiger partial charge is 0.240 e. The first-order valence-corrected chi connectivity index (χ1v) is 8.79. The van der Waals surface area contributed by atoms with Gasteiger partial charge in [0.2, 0.25) is 10.0 Å². The quantitative estimate of drug-likeness (QED) is 0.821. The van der Waals surface area contributed by atoms with Crippen LogP contribution in [0, 0.1) is 0 Å². The summed E-state index contributed by atoms with van der Waals surface area (Å²) in [5.74, 6) is 0. The first-order chi connectivity index (χ1) is 9.92. The van der Waals surface area contributed by atoms with Crippen LogP contribution in [0.15, 0.2) is 51.8 Å². The van der Waals surface area contributed by atoms with E-state index in [9.17, 15) is 8.42 Å². The van der Waals surface area contributed by atoms with Gasteiger partial charge in [0.15, 0.2) is 0 Å². The number of anilines is 1. The zero-order chi connectivity index (χ0) is 15.5. The predicted molar refractivity (Wildman–Crippen MR) is 89.2 cm³/mol. The van der Waals surface area contributed by atoms with Crippen LogP contribution in [-0.2, 0) is 16.6 Å². The molecule has 2 N–H and O–H groups in total. The van der Waals surface area contributed by atoms with Crippen LogP contribution in [0.1, 0.15) is 5.56 Å². The van der Waals surface area contributed by atoms with Crippen molar-refractivity contribution in [2.24, 2.45) is 0 Å². The number of hydrogen-bond donors (Lipinski definition) is 2. The van der Waals surface area contributed by atoms with Gasteiger partial charge in [0, 0.05) is 21.7 Å². The number of hydrogen-bond acceptors (Lipinski definition) is 3. The second kappa shape index (κ2) is 6.79. The maximum Gasteiger partial charge on any atom is 0.240 e. The van der Waals surface area contributed by atoms with Gasteiger partial charge in [-0.25, -0.2) is 13.1 Å². The van der Waals surface area contributed by atoms with E-state index in [4.69, 9.17) is 11.6 Å². The molecule has 2 aromatic carbocycles. The van der Waals surface area contributed by atoms with Crippen molar-refractivity contribution in [1.29, 1.82) is 0 Å². The summed E-state index contributed by atoms with van der Waals surface area (Å²) in [4.78, 5) is 0.239. The molecule has 0 spiro atoms. The van der Waals surface area contributed by atoms with Crippen LogP contribution in [0.3, 0.4) is 0 Å². The van der Waals surface area contributed by atoms with E-state index in [1.165, 1.54) is 7.05 Å². The van der Waals surface area contributed by atoms with Crippen LogP contribution in [0.4, 0.5) is 5.69 Å². The Morgan fingerprint density at radius 2 is 1.81 bits per heavy atom. The molecule has 0 unspecified atom stereocenters. The molecule has 0 saturated carbocycles. The molecule has 0 saturated heterocycles. The molecule has 0 aromatic heterocycles. The van der Waals surface area contributed by atoms with Crippen molar-refractivity contribution in [1.82, 2.24) is 4.72 Å². The fourth-order valence-corrected chi connectivity index (χ4v) is 3.29. The molecule has 7 heteroatoms. The molecule has 0 atom stereocenters. The minimum atomic E-state index is -3.39. The lowest BCUT2D eigenvalue weighted by Gasteiger charge is -2.09. The van der Waals surface area contributed by atoms with E-state index in [1.54, 1.807) is 24.3 Å². The lowest BCUT2D eigenvalue weighted by molar-refractivity contribution is 0.588. The van der Waals surface area contributed by atoms with Crippen molar-refractivity contribution in [2.45, 2.75) is 11.4 Å². The van der Waals surface area contributed by atoms with Crippen molar-refractivity contribution < 1.29 is 8.42 Å². The highest BCUT2D eigenvalue weighted by Crippen LogP contribution is 2.22. The number of sulfonamides is 1. The maximum absolute atomic E-state index is 11.6. The van der Waals surface area contributed by atoms with Crippen molar-refractivity contribution in [3.05, 3.63) is 57.5 Å². The summed E-state index contributed by atoms with van der Waals surface area (Å²) in [6.07, 6.45) is 0. The Hall–Kier alpha value is -1.08. The van der Waals surface area contributed by atoms with Crippen LogP contribution in [0.2, 0.25) is 5.02 Å². The van der Waals surface area contributed by atoms with Gasteiger partial charge in [-0.1, -0.05) is 33.6 Å². The molecule has 21 heavy (non-hydrogen) atoms. The Balaban J connectivity index is 2.07. The summed E-state index contributed by atoms with van der Waals surface area (Å²) < 4.78 is 26.4. The van der Waals surface area contributed by atoms with Crippen LogP contribution >= 0.6 is 27.5 Å². The molecule has 0 aliphatic carbocycles. The fourth-order valence-electron chi connectivity index (χ4n) is 1.73. The molecular weight excluding hydrogens is 376 g/mol. The van der Waals surface area contributed by atoms with Gasteiger partial charge in [-0.05, 0) is 49.0 Å². The van der Waals surface area contributed by atoms with Crippen LogP contribution in [0.5, 0.6) is 0 Å². The van der Waals surface area contributed by atoms with E-state index < -0.39 is 10.0 Å². The van der Waals surface area contributed by atoms with E-state index in [0.717, 1.165) is 15.7 Å². The third kappa shape index (κ3) is 4.20. The SMILES string of the molecule is CNS(=O)(=O)c1ccc(NCc2ccc(Cl)cc2Br)cc1. The van der Waals surface area contributed by atoms with Crippen LogP contribution in [-0.4, -0.2) is 15.5 Å². The first kappa shape index (κ1) is 16.3. The molecule has 0 bridgehead atoms. The van der Waals surface area contributed by atoms with E-state index in [1.807, 2.05) is 18.2 Å². The van der Waals surface area contributed by atoms with Crippen LogP contribution < -0.4 is 10.0 Å². The lowest BCUT2D eigenvalue weighted by atomic mass is 10.2. The summed E-state index contributed by atoms with van der Waals surface area (Å²) >= 11 is 9.35. The topological polar surface area (TPSA) is 58.2 Å². The van der Waals surface area contributed by atoms with Gasteiger partial charge in [-0.15, -0.1) is 0 Å². The molecule has 0 amide bonds. The normalized spacial score (nSPS) is 11.4. The van der Waals surface area contributed by atoms with E-state index in [0.29, 0.717) is 11.6 Å². The van der Waals surface area contributed by atoms with E-state index in [2.05, 4.69) is 26.0 Å². The highest BCUT2D eigenvalue weighted by atomic mass is 79.9. The molecule has 0 heterocycles. The monoisotopic (exact) mass is 388 g/mol. The number of rotatable bonds is 5. The zero-order valence-electron chi connectivity index (χ0n) is 11.2. The van der Waals surface area contributed by atoms with Gasteiger partial charge < -0.3 is 5.32 Å². The fraction of sp³-hybridized carbons (Fsp3) is 0.143. The minimum absolute atomic E-state index is 0.239. The number of halogens is 2. The molecule has 0 radical (unpaired) electrons. The maximum atomic E-state index is 11.6. The van der Waals surface area contributed by atoms with Gasteiger partial charge >= 0.3 is 0 Å². The molecule has 2 rings (SSSR count). The van der Waals surface area contributed by atoms with E-state index in [-0.39, 0.29) is 4.90 Å². The largest absolute Gasteiger partial charge is 0.381 e. The molecule has 0 aliphatic rings. The van der Waals surface area contributed by atoms with Gasteiger partial charge in [-0.2, -0.15) is 0 Å². The molecule has 112 valence electrons. The van der Waals surface area contributed by atoms with E-state index >= 15 is 0 Å². The van der Waals surface area contributed by atoms with Crippen molar-refractivity contribution in [2.75, 3.05) is 12.4 Å². The Labute approximate surface area is 137 Å². The molecule has 0 fully saturated rings. The summed E-state index contributed by atoms with van der Waals surface area (Å²) in [7, 11) is -2.01. The number of nitrogens with one attached hydrogen (secondary N) is 2. The van der Waals surface area contributed by atoms with Gasteiger partial charge in [0.1, 0.15) is 0 Å². The Bertz CT molecular complexity index is 733. The summed E-state index contributed by atoms with van der Waals surface area (Å²) in [5.41, 5.74) is 1.90. The highest BCUT2D eigenvalue weighted by molar-refractivity contribution is 9.10. The first-order valence-electron chi connectivity index (χ1n) is 6.14. The summed E-state index contributed by atoms with van der Waals surface area (Å²) in [5, 5.41) is 3.90. The minimum Gasteiger partial charge on any atom is -0.381 e. The lowest BCUT2D eigenvalue weighted by Crippen LogP contribution is -2.18. The Morgan fingerprint density at radius 1 is 1.14 bits per heavy atom. The molecular formula is C14H14BrClN2O2S. The second-order valence-corrected chi connectivity index (χ2v) is 7.50. The van der Waals surface area contributed by atoms with Crippen molar-refractivity contribution in [3.8, 4) is 0 Å². The van der Waals surface area contributed by atoms with Gasteiger partial charge in [0.05, 0.1) is 4.90 Å². The molecule has 4 nitrogen and oxygen atoms in total. The van der Waals surface area contributed by atoms with Gasteiger partial charge in [-0.3, -0.25) is 0 Å². The van der Waals surface area contributed by atoms with Gasteiger partial charge in [0.25, 0.3) is 0 Å². The predicted octanol–water partition coefficient (Wildman–Crippen LogP) is 3.62. The average molecular weight is 390 g/mol. The third-order valence-electron chi connectivity index (χ3n) is 2.93. The van der Waals surface area contributed by atoms with Crippen molar-refractivity contribution in [3.63, 3.8) is 0 Å². The zero-order valence-corrected chi connectivity index (χ0v) is 14.4. The number of benzene rings is 2. The Morgan fingerprint density at radius 3 is 2.38 bits per heavy atom. The van der Waals surface area contributed by atoms with Crippen molar-refractivity contribution >= 4 is 43.2 Å².